The lowest BCUT2D eigenvalue weighted by molar-refractivity contribution is -0.119. The smallest absolute Gasteiger partial charge is 0.330 e. The first-order valence-electron chi connectivity index (χ1n) is 10.6. The van der Waals surface area contributed by atoms with Crippen molar-refractivity contribution in [2.45, 2.75) is 52.1 Å². The van der Waals surface area contributed by atoms with Crippen LogP contribution in [0.25, 0.3) is 0 Å². The number of nitrogens with zero attached hydrogens (tertiary/aromatic N) is 3. The molecule has 1 aliphatic rings. The van der Waals surface area contributed by atoms with Crippen LogP contribution < -0.4 is 21.9 Å². The molecule has 0 saturated carbocycles. The fraction of sp³-hybridized carbons (Fsp3) is 0.500. The molecule has 1 atom stereocenters. The van der Waals surface area contributed by atoms with Crippen molar-refractivity contribution < 1.29 is 4.79 Å². The highest BCUT2D eigenvalue weighted by Crippen LogP contribution is 2.34. The topological polar surface area (TPSA) is 104 Å². The quantitative estimate of drug-likeness (QED) is 0.688. The van der Waals surface area contributed by atoms with Crippen LogP contribution in [0.1, 0.15) is 50.3 Å². The van der Waals surface area contributed by atoms with E-state index in [-0.39, 0.29) is 36.5 Å². The van der Waals surface area contributed by atoms with Crippen molar-refractivity contribution in [1.82, 2.24) is 14.5 Å². The van der Waals surface area contributed by atoms with Crippen molar-refractivity contribution in [3.63, 3.8) is 0 Å². The van der Waals surface area contributed by atoms with E-state index >= 15 is 0 Å². The summed E-state index contributed by atoms with van der Waals surface area (Å²) in [6, 6.07) is 8.46. The monoisotopic (exact) mass is 413 g/mol. The number of carbonyl (C=O) groups excluding carboxylic acids is 1. The van der Waals surface area contributed by atoms with E-state index in [0.29, 0.717) is 6.54 Å². The fourth-order valence-electron chi connectivity index (χ4n) is 4.24. The van der Waals surface area contributed by atoms with Crippen molar-refractivity contribution in [1.29, 1.82) is 0 Å². The number of H-pyrrole nitrogens is 1. The van der Waals surface area contributed by atoms with Crippen molar-refractivity contribution in [3.8, 4) is 0 Å². The molecule has 30 heavy (non-hydrogen) atoms. The minimum Gasteiger partial charge on any atom is -0.383 e. The van der Waals surface area contributed by atoms with Gasteiger partial charge >= 0.3 is 5.69 Å². The van der Waals surface area contributed by atoms with Crippen LogP contribution in [0.3, 0.4) is 0 Å². The summed E-state index contributed by atoms with van der Waals surface area (Å²) in [6.45, 7) is 4.64. The average molecular weight is 414 g/mol. The van der Waals surface area contributed by atoms with Crippen LogP contribution in [0.5, 0.6) is 0 Å². The number of aromatic nitrogens is 2. The second kappa shape index (κ2) is 9.30. The molecule has 1 heterocycles. The Hall–Kier alpha value is -2.87. The van der Waals surface area contributed by atoms with Gasteiger partial charge in [0.15, 0.2) is 5.69 Å². The number of amides is 1. The lowest BCUT2D eigenvalue weighted by atomic mass is 10.1. The molecule has 1 amide bonds. The van der Waals surface area contributed by atoms with Crippen LogP contribution >= 0.6 is 0 Å². The van der Waals surface area contributed by atoms with Gasteiger partial charge in [-0.25, -0.2) is 4.79 Å². The summed E-state index contributed by atoms with van der Waals surface area (Å²) in [5, 5.41) is 0. The number of nitrogen functional groups attached to an aromatic ring is 1. The number of rotatable bonds is 8. The highest BCUT2D eigenvalue weighted by molar-refractivity contribution is 5.96. The SMILES string of the molecule is CCCCn1c(N)c(N(CC)C(=O)CN(C)C2CCc3ccccc32)c(=O)[nH]c1=O. The zero-order chi connectivity index (χ0) is 21.8. The van der Waals surface area contributed by atoms with E-state index in [1.807, 2.05) is 31.0 Å². The van der Waals surface area contributed by atoms with E-state index < -0.39 is 11.2 Å². The minimum absolute atomic E-state index is 0.0428. The second-order valence-corrected chi connectivity index (χ2v) is 7.80. The fourth-order valence-corrected chi connectivity index (χ4v) is 4.24. The third kappa shape index (κ3) is 4.18. The molecule has 0 saturated heterocycles. The maximum Gasteiger partial charge on any atom is 0.330 e. The minimum atomic E-state index is -0.630. The molecule has 0 bridgehead atoms. The number of nitrogens with one attached hydrogen (secondary N) is 1. The number of aromatic amines is 1. The molecule has 8 nitrogen and oxygen atoms in total. The molecule has 1 aromatic heterocycles. The lowest BCUT2D eigenvalue weighted by Crippen LogP contribution is -2.45. The third-order valence-corrected chi connectivity index (χ3v) is 5.85. The second-order valence-electron chi connectivity index (χ2n) is 7.80. The van der Waals surface area contributed by atoms with E-state index in [2.05, 4.69) is 17.1 Å². The number of hydrogen-bond acceptors (Lipinski definition) is 5. The van der Waals surface area contributed by atoms with Crippen LogP contribution in [0, 0.1) is 0 Å². The van der Waals surface area contributed by atoms with Gasteiger partial charge in [0.05, 0.1) is 6.54 Å². The molecule has 0 radical (unpaired) electrons. The van der Waals surface area contributed by atoms with E-state index in [1.54, 1.807) is 6.92 Å². The summed E-state index contributed by atoms with van der Waals surface area (Å²) < 4.78 is 1.34. The summed E-state index contributed by atoms with van der Waals surface area (Å²) in [7, 11) is 1.92. The van der Waals surface area contributed by atoms with Gasteiger partial charge in [0.1, 0.15) is 5.82 Å². The Kier molecular flexibility index (Phi) is 6.77. The summed E-state index contributed by atoms with van der Waals surface area (Å²) in [5.74, 6) is -0.177. The Bertz CT molecular complexity index is 1030. The highest BCUT2D eigenvalue weighted by atomic mass is 16.2. The molecule has 1 aliphatic carbocycles. The summed E-state index contributed by atoms with van der Waals surface area (Å²) in [6.07, 6.45) is 3.58. The van der Waals surface area contributed by atoms with E-state index in [4.69, 9.17) is 5.73 Å². The van der Waals surface area contributed by atoms with Crippen LogP contribution in [-0.2, 0) is 17.8 Å². The third-order valence-electron chi connectivity index (χ3n) is 5.85. The molecule has 0 fully saturated rings. The molecule has 1 unspecified atom stereocenters. The Morgan fingerprint density at radius 2 is 2.00 bits per heavy atom. The van der Waals surface area contributed by atoms with E-state index in [9.17, 15) is 14.4 Å². The Morgan fingerprint density at radius 1 is 1.27 bits per heavy atom. The van der Waals surface area contributed by atoms with Gasteiger partial charge < -0.3 is 10.6 Å². The number of nitrogens with two attached hydrogens (primary N) is 1. The standard InChI is InChI=1S/C22H31N5O3/c1-4-6-13-27-20(23)19(21(29)24-22(27)30)26(5-2)18(28)14-25(3)17-12-11-15-9-7-8-10-16(15)17/h7-10,17H,4-6,11-14,23H2,1-3H3,(H,24,29,30). The first kappa shape index (κ1) is 21.8. The first-order chi connectivity index (χ1) is 14.4. The molecule has 0 aliphatic heterocycles. The molecule has 3 rings (SSSR count). The molecule has 162 valence electrons. The molecule has 3 N–H and O–H groups in total. The number of benzene rings is 1. The molecule has 8 heteroatoms. The van der Waals surface area contributed by atoms with Gasteiger partial charge in [0.2, 0.25) is 5.91 Å². The van der Waals surface area contributed by atoms with Gasteiger partial charge in [-0.05, 0) is 44.4 Å². The Labute approximate surface area is 176 Å². The number of likely N-dealkylation sites (N-methyl/N-ethyl adjacent to an activating group) is 2. The largest absolute Gasteiger partial charge is 0.383 e. The molecule has 2 aromatic rings. The van der Waals surface area contributed by atoms with Crippen LogP contribution in [-0.4, -0.2) is 40.5 Å². The summed E-state index contributed by atoms with van der Waals surface area (Å²) in [5.41, 5.74) is 7.64. The van der Waals surface area contributed by atoms with Crippen LogP contribution in [0.4, 0.5) is 11.5 Å². The predicted octanol–water partition coefficient (Wildman–Crippen LogP) is 1.89. The molecular formula is C22H31N5O3. The van der Waals surface area contributed by atoms with Gasteiger partial charge in [-0.3, -0.25) is 24.0 Å². The molecule has 0 spiro atoms. The highest BCUT2D eigenvalue weighted by Gasteiger charge is 2.29. The van der Waals surface area contributed by atoms with Gasteiger partial charge in [0, 0.05) is 19.1 Å². The predicted molar refractivity (Wildman–Crippen MR) is 119 cm³/mol. The van der Waals surface area contributed by atoms with E-state index in [1.165, 1.54) is 20.6 Å². The van der Waals surface area contributed by atoms with Crippen molar-refractivity contribution in [2.24, 2.45) is 0 Å². The van der Waals surface area contributed by atoms with Crippen molar-refractivity contribution >= 4 is 17.4 Å². The van der Waals surface area contributed by atoms with Gasteiger partial charge in [-0.1, -0.05) is 37.6 Å². The van der Waals surface area contributed by atoms with Crippen LogP contribution in [0.15, 0.2) is 33.9 Å². The van der Waals surface area contributed by atoms with Crippen molar-refractivity contribution in [2.75, 3.05) is 30.8 Å². The van der Waals surface area contributed by atoms with Gasteiger partial charge in [0.25, 0.3) is 5.56 Å². The van der Waals surface area contributed by atoms with Crippen LogP contribution in [0.2, 0.25) is 0 Å². The number of hydrogen-bond donors (Lipinski definition) is 2. The number of unbranched alkanes of at least 4 members (excludes halogenated alkanes) is 1. The number of carbonyl (C=O) groups is 1. The average Bonchev–Trinajstić information content (AvgIpc) is 3.15. The van der Waals surface area contributed by atoms with Gasteiger partial charge in [-0.2, -0.15) is 0 Å². The zero-order valence-corrected chi connectivity index (χ0v) is 18.0. The summed E-state index contributed by atoms with van der Waals surface area (Å²) >= 11 is 0. The summed E-state index contributed by atoms with van der Waals surface area (Å²) in [4.78, 5) is 43.6. The maximum absolute atomic E-state index is 13.2. The number of anilines is 2. The maximum atomic E-state index is 13.2. The first-order valence-corrected chi connectivity index (χ1v) is 10.6. The molecule has 1 aromatic carbocycles. The van der Waals surface area contributed by atoms with Gasteiger partial charge in [-0.15, -0.1) is 0 Å². The molecular weight excluding hydrogens is 382 g/mol. The number of aryl methyl sites for hydroxylation is 1. The normalized spacial score (nSPS) is 15.4. The lowest BCUT2D eigenvalue weighted by Gasteiger charge is -2.29. The zero-order valence-electron chi connectivity index (χ0n) is 18.0. The van der Waals surface area contributed by atoms with E-state index in [0.717, 1.165) is 25.7 Å². The van der Waals surface area contributed by atoms with Crippen molar-refractivity contribution in [3.05, 3.63) is 56.2 Å². The Balaban J connectivity index is 1.85. The number of fused-ring (bicyclic) bond motifs is 1. The Morgan fingerprint density at radius 3 is 2.70 bits per heavy atom.